The van der Waals surface area contributed by atoms with Crippen LogP contribution in [0.5, 0.6) is 17.2 Å². The van der Waals surface area contributed by atoms with Gasteiger partial charge in [-0.25, -0.2) is 9.59 Å². The van der Waals surface area contributed by atoms with E-state index in [2.05, 4.69) is 51.1 Å². The molecule has 0 atom stereocenters. The molecular formula is C54H38N12O10S. The van der Waals surface area contributed by atoms with Crippen molar-refractivity contribution in [1.29, 1.82) is 0 Å². The number of phenols is 3. The highest BCUT2D eigenvalue weighted by molar-refractivity contribution is 7.86. The van der Waals surface area contributed by atoms with Gasteiger partial charge in [-0.2, -0.15) is 44.2 Å². The van der Waals surface area contributed by atoms with E-state index in [0.717, 1.165) is 28.3 Å². The summed E-state index contributed by atoms with van der Waals surface area (Å²) in [6.45, 7) is 0. The average molecular weight is 1050 g/mol. The third kappa shape index (κ3) is 12.0. The predicted octanol–water partition coefficient (Wildman–Crippen LogP) is 15.2. The Morgan fingerprint density at radius 1 is 0.390 bits per heavy atom. The van der Waals surface area contributed by atoms with Gasteiger partial charge in [-0.15, -0.1) is 15.3 Å². The monoisotopic (exact) mass is 1050 g/mol. The minimum Gasteiger partial charge on any atom is -0.507 e. The Labute approximate surface area is 435 Å². The van der Waals surface area contributed by atoms with Crippen LogP contribution in [0.15, 0.2) is 226 Å². The van der Waals surface area contributed by atoms with Gasteiger partial charge in [0.05, 0.1) is 51.2 Å². The smallest absolute Gasteiger partial charge is 0.339 e. The molecule has 23 heteroatoms. The second kappa shape index (κ2) is 21.7. The summed E-state index contributed by atoms with van der Waals surface area (Å²) in [6.07, 6.45) is 0. The number of hydrogen-bond acceptors (Lipinski definition) is 19. The number of aromatic hydroxyl groups is 3. The largest absolute Gasteiger partial charge is 0.507 e. The summed E-state index contributed by atoms with van der Waals surface area (Å²) in [5, 5.41) is 91.5. The second-order valence-electron chi connectivity index (χ2n) is 16.6. The van der Waals surface area contributed by atoms with Crippen LogP contribution in [0.25, 0.3) is 33.0 Å². The SMILES string of the molecule is Nc1cc(N)c(N=Nc2ccc3cc(S(=O)(=O)O)c(N=Nc4ccc(-c5ccc(N=Nc6ccc(O)c(C(=O)O)c6)cc5)cc4)c(O)c3c2)cc1N=Nc1ccc(-c2ccc(N=Nc3ccc(O)c(C(=O)O)c3)cc2)cc1. The number of carbonyl (C=O) groups is 2. The first-order valence-corrected chi connectivity index (χ1v) is 24.0. The molecule has 10 N–H and O–H groups in total. The number of nitrogen functional groups attached to an aromatic ring is 2. The number of fused-ring (bicyclic) bond motifs is 1. The van der Waals surface area contributed by atoms with E-state index in [1.165, 1.54) is 66.7 Å². The van der Waals surface area contributed by atoms with E-state index in [1.54, 1.807) is 72.8 Å². The quantitative estimate of drug-likeness (QED) is 0.0270. The van der Waals surface area contributed by atoms with Gasteiger partial charge in [0.25, 0.3) is 10.1 Å². The summed E-state index contributed by atoms with van der Waals surface area (Å²) in [6, 6.07) is 44.3. The van der Waals surface area contributed by atoms with Crippen LogP contribution in [0.1, 0.15) is 20.7 Å². The molecule has 0 aliphatic heterocycles. The van der Waals surface area contributed by atoms with Gasteiger partial charge in [-0.1, -0.05) is 54.6 Å². The van der Waals surface area contributed by atoms with Crippen molar-refractivity contribution in [1.82, 2.24) is 0 Å². The van der Waals surface area contributed by atoms with Crippen molar-refractivity contribution in [2.75, 3.05) is 11.5 Å². The maximum Gasteiger partial charge on any atom is 0.339 e. The molecule has 0 unspecified atom stereocenters. The van der Waals surface area contributed by atoms with Crippen molar-refractivity contribution < 1.29 is 48.1 Å². The molecule has 0 heterocycles. The molecule has 0 fully saturated rings. The van der Waals surface area contributed by atoms with Crippen molar-refractivity contribution in [2.24, 2.45) is 51.1 Å². The Kier molecular flexibility index (Phi) is 14.4. The van der Waals surface area contributed by atoms with Crippen LogP contribution in [0.2, 0.25) is 0 Å². The van der Waals surface area contributed by atoms with Crippen LogP contribution in [0.4, 0.5) is 68.2 Å². The van der Waals surface area contributed by atoms with E-state index in [4.69, 9.17) is 11.5 Å². The maximum atomic E-state index is 12.5. The molecule has 380 valence electrons. The fourth-order valence-corrected chi connectivity index (χ4v) is 8.09. The summed E-state index contributed by atoms with van der Waals surface area (Å²) < 4.78 is 35.2. The lowest BCUT2D eigenvalue weighted by Gasteiger charge is -2.09. The summed E-state index contributed by atoms with van der Waals surface area (Å²) in [5.74, 6) is -3.95. The highest BCUT2D eigenvalue weighted by atomic mass is 32.2. The standard InChI is InChI=1S/C54H38N12O10S/c55-44-27-45(56)47(28-46(44)64-59-36-14-5-31(6-15-36)29-1-10-34(11-2-29)57-61-39-19-21-48(67)42(25-39)53(70)71)65-63-38-18-9-33-23-50(77(74,75)76)51(52(69)41(33)24-38)66-60-37-16-7-32(8-17-37)30-3-12-35(13-4-30)58-62-40-20-22-49(68)43(26-40)54(72)73/h1-28,67-69H,55-56H2,(H,70,71)(H,72,73)(H,74,75,76). The first kappa shape index (κ1) is 51.0. The molecule has 0 aromatic heterocycles. The predicted molar refractivity (Wildman–Crippen MR) is 285 cm³/mol. The van der Waals surface area contributed by atoms with Gasteiger partial charge >= 0.3 is 11.9 Å². The number of phenolic OH excluding ortho intramolecular Hbond substituents is 1. The van der Waals surface area contributed by atoms with Crippen molar-refractivity contribution in [2.45, 2.75) is 4.90 Å². The number of rotatable bonds is 15. The third-order valence-corrected chi connectivity index (χ3v) is 12.3. The highest BCUT2D eigenvalue weighted by Crippen LogP contribution is 2.43. The minimum atomic E-state index is -4.91. The average Bonchev–Trinajstić information content (AvgIpc) is 3.42. The zero-order valence-electron chi connectivity index (χ0n) is 39.5. The van der Waals surface area contributed by atoms with Crippen molar-refractivity contribution in [3.05, 3.63) is 181 Å². The summed E-state index contributed by atoms with van der Waals surface area (Å²) in [7, 11) is -4.91. The normalized spacial score (nSPS) is 12.0. The number of azo groups is 5. The topological polar surface area (TPSA) is 365 Å². The molecule has 0 aliphatic carbocycles. The number of nitrogens with two attached hydrogens (primary N) is 2. The lowest BCUT2D eigenvalue weighted by Crippen LogP contribution is -1.99. The van der Waals surface area contributed by atoms with Crippen LogP contribution in [-0.2, 0) is 10.1 Å². The van der Waals surface area contributed by atoms with Crippen LogP contribution in [0, 0.1) is 0 Å². The lowest BCUT2D eigenvalue weighted by atomic mass is 10.1. The Morgan fingerprint density at radius 3 is 1.13 bits per heavy atom. The highest BCUT2D eigenvalue weighted by Gasteiger charge is 2.23. The van der Waals surface area contributed by atoms with Crippen molar-refractivity contribution in [3.8, 4) is 39.5 Å². The Morgan fingerprint density at radius 2 is 0.727 bits per heavy atom. The molecule has 0 aliphatic rings. The number of benzene rings is 9. The fourth-order valence-electron chi connectivity index (χ4n) is 7.43. The van der Waals surface area contributed by atoms with Gasteiger partial charge in [0, 0.05) is 5.39 Å². The number of carboxylic acid groups (broad SMARTS) is 2. The third-order valence-electron chi connectivity index (χ3n) is 11.4. The molecule has 77 heavy (non-hydrogen) atoms. The first-order chi connectivity index (χ1) is 36.9. The number of hydrogen-bond donors (Lipinski definition) is 8. The minimum absolute atomic E-state index is 0.115. The first-order valence-electron chi connectivity index (χ1n) is 22.5. The molecule has 22 nitrogen and oxygen atoms in total. The molecular weight excluding hydrogens is 1010 g/mol. The Balaban J connectivity index is 0.873. The zero-order chi connectivity index (χ0) is 54.4. The molecule has 9 aromatic rings. The zero-order valence-corrected chi connectivity index (χ0v) is 40.3. The van der Waals surface area contributed by atoms with E-state index in [0.29, 0.717) is 17.1 Å². The summed E-state index contributed by atoms with van der Waals surface area (Å²) in [4.78, 5) is 22.0. The van der Waals surface area contributed by atoms with Gasteiger partial charge in [0.2, 0.25) is 0 Å². The van der Waals surface area contributed by atoms with E-state index >= 15 is 0 Å². The van der Waals surface area contributed by atoms with Crippen LogP contribution in [0.3, 0.4) is 0 Å². The van der Waals surface area contributed by atoms with E-state index in [-0.39, 0.29) is 78.9 Å². The van der Waals surface area contributed by atoms with Gasteiger partial charge in [-0.3, -0.25) is 4.55 Å². The summed E-state index contributed by atoms with van der Waals surface area (Å²) in [5.41, 5.74) is 18.0. The van der Waals surface area contributed by atoms with Crippen LogP contribution in [-0.4, -0.2) is 50.4 Å². The molecule has 0 saturated carbocycles. The van der Waals surface area contributed by atoms with Gasteiger partial charge in [-0.05, 0) is 143 Å². The van der Waals surface area contributed by atoms with Gasteiger partial charge in [0.1, 0.15) is 44.6 Å². The second-order valence-corrected chi connectivity index (χ2v) is 18.0. The lowest BCUT2D eigenvalue weighted by molar-refractivity contribution is 0.0682. The van der Waals surface area contributed by atoms with Crippen LogP contribution >= 0.6 is 0 Å². The van der Waals surface area contributed by atoms with E-state index < -0.39 is 38.4 Å². The Bertz CT molecular complexity index is 4060. The van der Waals surface area contributed by atoms with Gasteiger partial charge < -0.3 is 37.0 Å². The number of aromatic carboxylic acids is 2. The molecule has 0 saturated heterocycles. The molecule has 0 spiro atoms. The maximum absolute atomic E-state index is 12.5. The number of nitrogens with zero attached hydrogens (tertiary/aromatic N) is 10. The van der Waals surface area contributed by atoms with E-state index in [9.17, 15) is 48.1 Å². The number of carboxylic acids is 2. The summed E-state index contributed by atoms with van der Waals surface area (Å²) >= 11 is 0. The Hall–Kier alpha value is -10.9. The molecule has 9 aromatic carbocycles. The van der Waals surface area contributed by atoms with E-state index in [1.807, 2.05) is 24.3 Å². The van der Waals surface area contributed by atoms with Gasteiger partial charge in [0.15, 0.2) is 5.75 Å². The molecule has 0 bridgehead atoms. The fraction of sp³-hybridized carbons (Fsp3) is 0. The van der Waals surface area contributed by atoms with Crippen molar-refractivity contribution in [3.63, 3.8) is 0 Å². The molecule has 9 rings (SSSR count). The number of anilines is 2. The molecule has 0 amide bonds. The van der Waals surface area contributed by atoms with Crippen molar-refractivity contribution >= 4 is 101 Å². The van der Waals surface area contributed by atoms with Crippen LogP contribution < -0.4 is 11.5 Å². The molecule has 0 radical (unpaired) electrons.